The molecular formula is C22H44Si4. The number of hydrogen-bond acceptors (Lipinski definition) is 0. The molecule has 1 rings (SSSR count). The Labute approximate surface area is 174 Å². The molecule has 0 aromatic heterocycles. The third-order valence-electron chi connectivity index (χ3n) is 3.54. The zero-order valence-electron chi connectivity index (χ0n) is 23.4. The lowest BCUT2D eigenvalue weighted by Gasteiger charge is -2.31. The van der Waals surface area contributed by atoms with Crippen molar-refractivity contribution in [1.82, 2.24) is 0 Å². The second-order valence-corrected chi connectivity index (χ2v) is 30.8. The number of allylic oxidation sites excluding steroid dienone is 4. The first kappa shape index (κ1) is 17.9. The minimum Gasteiger partial charge on any atom is -0.0913 e. The molecule has 1 fully saturated rings. The molecule has 0 nitrogen and oxygen atoms in total. The third kappa shape index (κ3) is 9.67. The van der Waals surface area contributed by atoms with Crippen LogP contribution in [0.25, 0.3) is 0 Å². The fourth-order valence-electron chi connectivity index (χ4n) is 3.07. The Kier molecular flexibility index (Phi) is 5.55. The second kappa shape index (κ2) is 8.06. The van der Waals surface area contributed by atoms with E-state index in [1.54, 1.807) is 0 Å². The van der Waals surface area contributed by atoms with E-state index in [-0.39, 0.29) is 0 Å². The summed E-state index contributed by atoms with van der Waals surface area (Å²) >= 11 is 0. The van der Waals surface area contributed by atoms with Gasteiger partial charge in [0.15, 0.2) is 0 Å². The van der Waals surface area contributed by atoms with Gasteiger partial charge in [0.05, 0.1) is 37.8 Å². The van der Waals surface area contributed by atoms with Gasteiger partial charge < -0.3 is 0 Å². The minimum atomic E-state index is -1.87. The van der Waals surface area contributed by atoms with Crippen molar-refractivity contribution in [1.29, 1.82) is 0 Å². The van der Waals surface area contributed by atoms with E-state index in [4.69, 9.17) is 5.48 Å². The molecule has 0 aliphatic heterocycles. The van der Waals surface area contributed by atoms with Crippen molar-refractivity contribution in [3.63, 3.8) is 0 Å². The molecule has 0 N–H and O–H groups in total. The van der Waals surface area contributed by atoms with Gasteiger partial charge in [-0.25, -0.2) is 0 Å². The molecule has 1 aliphatic carbocycles. The van der Waals surface area contributed by atoms with Crippen molar-refractivity contribution in [2.24, 2.45) is 0 Å². The van der Waals surface area contributed by atoms with Crippen LogP contribution >= 0.6 is 0 Å². The summed E-state index contributed by atoms with van der Waals surface area (Å²) in [5, 5.41) is 0. The summed E-state index contributed by atoms with van der Waals surface area (Å²) in [5.74, 6) is 0. The molecule has 0 radical (unpaired) electrons. The van der Waals surface area contributed by atoms with Crippen molar-refractivity contribution >= 4 is 32.3 Å². The van der Waals surface area contributed by atoms with Gasteiger partial charge in [0, 0.05) is 0 Å². The maximum atomic E-state index is 9.04. The lowest BCUT2D eigenvalue weighted by molar-refractivity contribution is 0.978. The van der Waals surface area contributed by atoms with Crippen LogP contribution in [0.5, 0.6) is 0 Å². The molecule has 26 heavy (non-hydrogen) atoms. The Morgan fingerprint density at radius 1 is 0.462 bits per heavy atom. The van der Waals surface area contributed by atoms with E-state index >= 15 is 0 Å². The highest BCUT2D eigenvalue weighted by Gasteiger charge is 2.27. The second-order valence-electron chi connectivity index (χ2n) is 11.8. The molecule has 1 saturated carbocycles. The number of rotatable bonds is 4. The average Bonchev–Trinajstić information content (AvgIpc) is 2.54. The molecule has 0 spiro atoms. The highest BCUT2D eigenvalue weighted by molar-refractivity contribution is 6.82. The van der Waals surface area contributed by atoms with Crippen molar-refractivity contribution in [2.75, 3.05) is 0 Å². The number of hydrogen-bond donors (Lipinski definition) is 0. The van der Waals surface area contributed by atoms with Crippen LogP contribution in [0.4, 0.5) is 0 Å². The Morgan fingerprint density at radius 3 is 0.731 bits per heavy atom. The fraction of sp³-hybridized carbons (Fsp3) is 0.636. The predicted molar refractivity (Wildman–Crippen MR) is 135 cm³/mol. The molecule has 0 saturated heterocycles. The monoisotopic (exact) mass is 424 g/mol. The van der Waals surface area contributed by atoms with Gasteiger partial charge in [-0.05, 0) is 35.1 Å². The zero-order valence-corrected chi connectivity index (χ0v) is 23.4. The van der Waals surface area contributed by atoms with Gasteiger partial charge in [-0.2, -0.15) is 0 Å². The van der Waals surface area contributed by atoms with Crippen molar-refractivity contribution in [3.8, 4) is 0 Å². The molecule has 0 heterocycles. The highest BCUT2D eigenvalue weighted by atomic mass is 28.3. The Hall–Kier alpha value is -0.172. The first-order valence-electron chi connectivity index (χ1n) is 11.9. The van der Waals surface area contributed by atoms with Gasteiger partial charge in [-0.1, -0.05) is 101 Å². The van der Waals surface area contributed by atoms with Crippen LogP contribution in [0.2, 0.25) is 78.6 Å². The van der Waals surface area contributed by atoms with E-state index in [1.807, 2.05) is 0 Å². The Morgan fingerprint density at radius 2 is 0.615 bits per heavy atom. The first-order chi connectivity index (χ1) is 13.1. The van der Waals surface area contributed by atoms with Gasteiger partial charge in [-0.15, -0.1) is 0 Å². The van der Waals surface area contributed by atoms with Crippen LogP contribution in [-0.4, -0.2) is 32.3 Å². The van der Waals surface area contributed by atoms with E-state index in [2.05, 4.69) is 78.6 Å². The minimum absolute atomic E-state index is 0.566. The molecule has 0 atom stereocenters. The van der Waals surface area contributed by atoms with Crippen LogP contribution in [0, 0.1) is 0 Å². The molecule has 1 aliphatic rings. The quantitative estimate of drug-likeness (QED) is 0.401. The lowest BCUT2D eigenvalue weighted by atomic mass is 9.85. The van der Waals surface area contributed by atoms with Gasteiger partial charge in [-0.3, -0.25) is 0 Å². The predicted octanol–water partition coefficient (Wildman–Crippen LogP) is 8.00. The van der Waals surface area contributed by atoms with Crippen LogP contribution in [-0.2, 0) is 0 Å². The third-order valence-corrected chi connectivity index (χ3v) is 7.75. The Balaban J connectivity index is 4.10. The largest absolute Gasteiger partial charge is 0.0913 e. The summed E-state index contributed by atoms with van der Waals surface area (Å²) in [6, 6.07) is 0. The summed E-state index contributed by atoms with van der Waals surface area (Å²) in [6.07, 6.45) is 1.13. The van der Waals surface area contributed by atoms with E-state index in [1.165, 1.54) is 0 Å². The average molecular weight is 425 g/mol. The standard InChI is InChI=1S/C22H44Si4/c1-23(2,3)15-19-13-21(17-25(7,8)9)22(18-26(10,11)12)14-20(19)16-24(4,5)6/h15-18H,13-14H2,1-12H3/b19-15+,20-16+,21-17+,22-18+/i15D,16D,17D,18D. The van der Waals surface area contributed by atoms with Gasteiger partial charge in [0.25, 0.3) is 0 Å². The normalized spacial score (nSPS) is 27.8. The molecule has 148 valence electrons. The van der Waals surface area contributed by atoms with Crippen LogP contribution in [0.3, 0.4) is 0 Å². The maximum absolute atomic E-state index is 9.04. The SMILES string of the molecule is [2H]/C(=C1/CC(=C(/[2H])[Si](C)(C)C)/C(=C(\[2H])[Si](C)(C)C)C/C1=C(/[2H])[Si](C)(C)C)[Si](C)(C)C. The smallest absolute Gasteiger partial charge is 0.0690 e. The maximum Gasteiger partial charge on any atom is 0.0690 e. The van der Waals surface area contributed by atoms with E-state index in [0.29, 0.717) is 12.8 Å². The molecule has 0 aromatic rings. The van der Waals surface area contributed by atoms with Crippen LogP contribution in [0.1, 0.15) is 18.3 Å². The molecule has 0 bridgehead atoms. The highest BCUT2D eigenvalue weighted by Crippen LogP contribution is 2.40. The van der Waals surface area contributed by atoms with Gasteiger partial charge in [0.1, 0.15) is 0 Å². The summed E-state index contributed by atoms with van der Waals surface area (Å²) < 4.78 is 36.2. The Bertz CT molecular complexity index is 683. The molecule has 0 aromatic carbocycles. The molecule has 4 heteroatoms. The molecular weight excluding hydrogens is 377 g/mol. The lowest BCUT2D eigenvalue weighted by Crippen LogP contribution is -2.25. The molecule has 0 amide bonds. The van der Waals surface area contributed by atoms with Crippen molar-refractivity contribution in [3.05, 3.63) is 45.0 Å². The van der Waals surface area contributed by atoms with E-state index < -0.39 is 32.3 Å². The summed E-state index contributed by atoms with van der Waals surface area (Å²) in [4.78, 5) is 0. The summed E-state index contributed by atoms with van der Waals surface area (Å²) in [5.41, 5.74) is 6.91. The van der Waals surface area contributed by atoms with Crippen molar-refractivity contribution in [2.45, 2.75) is 91.4 Å². The first-order valence-corrected chi connectivity index (χ1v) is 23.9. The van der Waals surface area contributed by atoms with Gasteiger partial charge in [0.2, 0.25) is 0 Å². The van der Waals surface area contributed by atoms with E-state index in [9.17, 15) is 0 Å². The van der Waals surface area contributed by atoms with E-state index in [0.717, 1.165) is 45.0 Å². The molecule has 0 unspecified atom stereocenters. The summed E-state index contributed by atoms with van der Waals surface area (Å²) in [6.45, 7) is 26.4. The zero-order chi connectivity index (χ0) is 24.0. The summed E-state index contributed by atoms with van der Waals surface area (Å²) in [7, 11) is -7.49. The van der Waals surface area contributed by atoms with Crippen molar-refractivity contribution < 1.29 is 5.48 Å². The fourth-order valence-corrected chi connectivity index (χ4v) is 7.65. The topological polar surface area (TPSA) is 0 Å². The van der Waals surface area contributed by atoms with Crippen LogP contribution < -0.4 is 0 Å². The van der Waals surface area contributed by atoms with Crippen LogP contribution in [0.15, 0.2) is 45.0 Å². The van der Waals surface area contributed by atoms with Gasteiger partial charge >= 0.3 is 0 Å².